The molecule has 1 rings (SSSR count). The highest BCUT2D eigenvalue weighted by atomic mass is 79.9. The van der Waals surface area contributed by atoms with Gasteiger partial charge in [0.2, 0.25) is 0 Å². The van der Waals surface area contributed by atoms with Gasteiger partial charge in [-0.2, -0.15) is 5.10 Å². The lowest BCUT2D eigenvalue weighted by Crippen LogP contribution is -2.32. The van der Waals surface area contributed by atoms with Crippen LogP contribution in [0.3, 0.4) is 0 Å². The van der Waals surface area contributed by atoms with Gasteiger partial charge >= 0.3 is 0 Å². The zero-order valence-corrected chi connectivity index (χ0v) is 11.3. The average molecular weight is 288 g/mol. The van der Waals surface area contributed by atoms with Crippen molar-refractivity contribution >= 4 is 21.8 Å². The first kappa shape index (κ1) is 13.2. The van der Waals surface area contributed by atoms with Crippen molar-refractivity contribution in [2.24, 2.45) is 5.92 Å². The van der Waals surface area contributed by atoms with E-state index in [0.717, 1.165) is 12.8 Å². The molecule has 0 saturated carbocycles. The van der Waals surface area contributed by atoms with E-state index in [1.807, 2.05) is 0 Å². The van der Waals surface area contributed by atoms with E-state index in [9.17, 15) is 4.79 Å². The van der Waals surface area contributed by atoms with Gasteiger partial charge in [-0.25, -0.2) is 0 Å². The van der Waals surface area contributed by atoms with Gasteiger partial charge < -0.3 is 5.32 Å². The Kier molecular flexibility index (Phi) is 5.52. The van der Waals surface area contributed by atoms with Crippen LogP contribution in [0.2, 0.25) is 0 Å². The third kappa shape index (κ3) is 3.63. The Bertz CT molecular complexity index is 309. The summed E-state index contributed by atoms with van der Waals surface area (Å²) in [6, 6.07) is 0. The second kappa shape index (κ2) is 6.68. The molecule has 0 bridgehead atoms. The standard InChI is InChI=1S/C11H18BrN3O/c1-3-8(4-2)10(12)7-13-11(16)9-5-14-15-6-9/h5-6,8,10H,3-4,7H2,1-2H3,(H,13,16)(H,14,15). The molecule has 0 spiro atoms. The quantitative estimate of drug-likeness (QED) is 0.789. The minimum atomic E-state index is -0.0795. The predicted octanol–water partition coefficient (Wildman–Crippen LogP) is 2.34. The Morgan fingerprint density at radius 3 is 2.75 bits per heavy atom. The molecule has 1 atom stereocenters. The second-order valence-corrected chi connectivity index (χ2v) is 4.97. The number of H-pyrrole nitrogens is 1. The summed E-state index contributed by atoms with van der Waals surface area (Å²) >= 11 is 3.62. The summed E-state index contributed by atoms with van der Waals surface area (Å²) in [5.41, 5.74) is 0.573. The van der Waals surface area contributed by atoms with Gasteiger partial charge in [0.15, 0.2) is 0 Å². The largest absolute Gasteiger partial charge is 0.351 e. The number of carbonyl (C=O) groups is 1. The van der Waals surface area contributed by atoms with Crippen LogP contribution in [-0.2, 0) is 0 Å². The highest BCUT2D eigenvalue weighted by Crippen LogP contribution is 2.19. The van der Waals surface area contributed by atoms with Crippen molar-refractivity contribution in [1.29, 1.82) is 0 Å². The normalized spacial score (nSPS) is 12.8. The molecule has 0 aliphatic carbocycles. The van der Waals surface area contributed by atoms with Gasteiger partial charge in [0.1, 0.15) is 0 Å². The Morgan fingerprint density at radius 2 is 2.25 bits per heavy atom. The predicted molar refractivity (Wildman–Crippen MR) is 67.7 cm³/mol. The van der Waals surface area contributed by atoms with Gasteiger partial charge in [0.05, 0.1) is 11.8 Å². The maximum absolute atomic E-state index is 11.6. The Morgan fingerprint density at radius 1 is 1.56 bits per heavy atom. The van der Waals surface area contributed by atoms with Crippen LogP contribution in [0, 0.1) is 5.92 Å². The van der Waals surface area contributed by atoms with Crippen LogP contribution in [-0.4, -0.2) is 27.5 Å². The Balaban J connectivity index is 2.37. The van der Waals surface area contributed by atoms with Gasteiger partial charge in [0.25, 0.3) is 5.91 Å². The topological polar surface area (TPSA) is 57.8 Å². The van der Waals surface area contributed by atoms with Crippen molar-refractivity contribution < 1.29 is 4.79 Å². The lowest BCUT2D eigenvalue weighted by molar-refractivity contribution is 0.0952. The van der Waals surface area contributed by atoms with Crippen LogP contribution in [0.25, 0.3) is 0 Å². The SMILES string of the molecule is CCC(CC)C(Br)CNC(=O)c1cn[nH]c1. The first-order valence-corrected chi connectivity index (χ1v) is 6.51. The molecule has 4 nitrogen and oxygen atoms in total. The maximum Gasteiger partial charge on any atom is 0.254 e. The maximum atomic E-state index is 11.6. The monoisotopic (exact) mass is 287 g/mol. The van der Waals surface area contributed by atoms with Crippen LogP contribution in [0.4, 0.5) is 0 Å². The van der Waals surface area contributed by atoms with Crippen LogP contribution in [0.5, 0.6) is 0 Å². The first-order valence-electron chi connectivity index (χ1n) is 5.60. The molecule has 1 amide bonds. The molecule has 16 heavy (non-hydrogen) atoms. The fourth-order valence-corrected chi connectivity index (χ4v) is 2.54. The van der Waals surface area contributed by atoms with E-state index in [1.54, 1.807) is 6.20 Å². The van der Waals surface area contributed by atoms with Crippen LogP contribution in [0.1, 0.15) is 37.0 Å². The number of carbonyl (C=O) groups excluding carboxylic acids is 1. The number of nitrogens with zero attached hydrogens (tertiary/aromatic N) is 1. The summed E-state index contributed by atoms with van der Waals surface area (Å²) in [5.74, 6) is 0.522. The van der Waals surface area contributed by atoms with E-state index < -0.39 is 0 Å². The summed E-state index contributed by atoms with van der Waals surface area (Å²) in [5, 5.41) is 9.25. The van der Waals surface area contributed by atoms with E-state index in [1.165, 1.54) is 6.20 Å². The smallest absolute Gasteiger partial charge is 0.254 e. The van der Waals surface area contributed by atoms with E-state index in [-0.39, 0.29) is 5.91 Å². The number of amides is 1. The molecule has 90 valence electrons. The summed E-state index contributed by atoms with van der Waals surface area (Å²) in [4.78, 5) is 11.9. The number of nitrogens with one attached hydrogen (secondary N) is 2. The molecule has 1 aromatic rings. The van der Waals surface area contributed by atoms with E-state index in [4.69, 9.17) is 0 Å². The van der Waals surface area contributed by atoms with Gasteiger partial charge in [0, 0.05) is 17.6 Å². The van der Waals surface area contributed by atoms with Crippen LogP contribution >= 0.6 is 15.9 Å². The molecule has 0 radical (unpaired) electrons. The number of aromatic amines is 1. The lowest BCUT2D eigenvalue weighted by atomic mass is 9.99. The first-order chi connectivity index (χ1) is 7.69. The summed E-state index contributed by atoms with van der Waals surface area (Å²) in [7, 11) is 0. The average Bonchev–Trinajstić information content (AvgIpc) is 2.81. The number of alkyl halides is 1. The minimum Gasteiger partial charge on any atom is -0.351 e. The van der Waals surface area contributed by atoms with Crippen molar-refractivity contribution in [3.8, 4) is 0 Å². The molecule has 0 fully saturated rings. The van der Waals surface area contributed by atoms with E-state index in [2.05, 4.69) is 45.3 Å². The highest BCUT2D eigenvalue weighted by molar-refractivity contribution is 9.09. The summed E-state index contributed by atoms with van der Waals surface area (Å²) < 4.78 is 0. The number of hydrogen-bond acceptors (Lipinski definition) is 2. The van der Waals surface area contributed by atoms with Gasteiger partial charge in [-0.15, -0.1) is 0 Å². The molecule has 0 aliphatic rings. The van der Waals surface area contributed by atoms with E-state index >= 15 is 0 Å². The van der Waals surface area contributed by atoms with Crippen LogP contribution in [0.15, 0.2) is 12.4 Å². The molecule has 0 aliphatic heterocycles. The van der Waals surface area contributed by atoms with Crippen molar-refractivity contribution in [2.75, 3.05) is 6.54 Å². The lowest BCUT2D eigenvalue weighted by Gasteiger charge is -2.19. The van der Waals surface area contributed by atoms with Gasteiger partial charge in [-0.05, 0) is 5.92 Å². The second-order valence-electron chi connectivity index (χ2n) is 3.79. The third-order valence-electron chi connectivity index (χ3n) is 2.78. The summed E-state index contributed by atoms with van der Waals surface area (Å²) in [6.07, 6.45) is 5.35. The molecule has 0 saturated heterocycles. The minimum absolute atomic E-state index is 0.0795. The number of rotatable bonds is 6. The highest BCUT2D eigenvalue weighted by Gasteiger charge is 2.16. The number of hydrogen-bond donors (Lipinski definition) is 2. The van der Waals surface area contributed by atoms with Gasteiger partial charge in [-0.1, -0.05) is 42.6 Å². The van der Waals surface area contributed by atoms with E-state index in [0.29, 0.717) is 22.9 Å². The Labute approximate surface area is 104 Å². The third-order valence-corrected chi connectivity index (χ3v) is 3.85. The van der Waals surface area contributed by atoms with Crippen molar-refractivity contribution in [1.82, 2.24) is 15.5 Å². The molecular formula is C11H18BrN3O. The molecule has 0 aromatic carbocycles. The molecule has 1 heterocycles. The molecule has 1 unspecified atom stereocenters. The fourth-order valence-electron chi connectivity index (χ4n) is 1.63. The molecular weight excluding hydrogens is 270 g/mol. The van der Waals surface area contributed by atoms with Crippen LogP contribution < -0.4 is 5.32 Å². The molecule has 5 heteroatoms. The van der Waals surface area contributed by atoms with Crippen molar-refractivity contribution in [3.63, 3.8) is 0 Å². The number of aromatic nitrogens is 2. The zero-order chi connectivity index (χ0) is 12.0. The van der Waals surface area contributed by atoms with Crippen molar-refractivity contribution in [3.05, 3.63) is 18.0 Å². The fraction of sp³-hybridized carbons (Fsp3) is 0.636. The zero-order valence-electron chi connectivity index (χ0n) is 9.66. The summed E-state index contributed by atoms with van der Waals surface area (Å²) in [6.45, 7) is 4.98. The number of halogens is 1. The molecule has 1 aromatic heterocycles. The molecule has 2 N–H and O–H groups in total. The van der Waals surface area contributed by atoms with Crippen molar-refractivity contribution in [2.45, 2.75) is 31.5 Å². The Hall–Kier alpha value is -0.840. The van der Waals surface area contributed by atoms with Gasteiger partial charge in [-0.3, -0.25) is 9.89 Å².